The highest BCUT2D eigenvalue weighted by atomic mass is 35.5. The summed E-state index contributed by atoms with van der Waals surface area (Å²) in [5, 5.41) is 4.81. The van der Waals surface area contributed by atoms with Gasteiger partial charge in [0.25, 0.3) is 0 Å². The lowest BCUT2D eigenvalue weighted by Gasteiger charge is -2.05. The van der Waals surface area contributed by atoms with E-state index in [1.807, 2.05) is 12.3 Å². The Bertz CT molecular complexity index is 584. The summed E-state index contributed by atoms with van der Waals surface area (Å²) in [6.07, 6.45) is 10.6. The molecule has 3 nitrogen and oxygen atoms in total. The summed E-state index contributed by atoms with van der Waals surface area (Å²) < 4.78 is 7.11. The number of pyridine rings is 1. The molecule has 3 rings (SSSR count). The van der Waals surface area contributed by atoms with Crippen molar-refractivity contribution in [3.63, 3.8) is 0 Å². The van der Waals surface area contributed by atoms with Crippen molar-refractivity contribution in [3.05, 3.63) is 35.1 Å². The molecule has 1 aliphatic rings. The minimum atomic E-state index is 0.611. The standard InChI is InChI=1S/C13H13ClN2O/c1-17-12-6-10(5-4-9-2-3-9)8-16-13(12)11(14)7-15-16/h4-9H,2-3H2,1H3. The van der Waals surface area contributed by atoms with Crippen LogP contribution in [0.5, 0.6) is 5.75 Å². The Kier molecular flexibility index (Phi) is 2.56. The third-order valence-electron chi connectivity index (χ3n) is 2.96. The predicted molar refractivity (Wildman–Crippen MR) is 68.5 cm³/mol. The number of rotatable bonds is 3. The molecule has 4 heteroatoms. The topological polar surface area (TPSA) is 26.5 Å². The Morgan fingerprint density at radius 2 is 2.35 bits per heavy atom. The van der Waals surface area contributed by atoms with Gasteiger partial charge in [-0.2, -0.15) is 5.10 Å². The number of allylic oxidation sites excluding steroid dienone is 1. The number of nitrogens with zero attached hydrogens (tertiary/aromatic N) is 2. The average Bonchev–Trinajstić information content (AvgIpc) is 3.10. The van der Waals surface area contributed by atoms with Crippen LogP contribution in [0.1, 0.15) is 18.4 Å². The molecule has 17 heavy (non-hydrogen) atoms. The summed E-state index contributed by atoms with van der Waals surface area (Å²) in [5.41, 5.74) is 1.90. The summed E-state index contributed by atoms with van der Waals surface area (Å²) in [6.45, 7) is 0. The number of ether oxygens (including phenoxy) is 1. The average molecular weight is 249 g/mol. The molecule has 2 aromatic heterocycles. The highest BCUT2D eigenvalue weighted by molar-refractivity contribution is 6.34. The first kappa shape index (κ1) is 10.7. The molecule has 0 saturated heterocycles. The number of hydrogen-bond donors (Lipinski definition) is 0. The number of fused-ring (bicyclic) bond motifs is 1. The van der Waals surface area contributed by atoms with Crippen LogP contribution >= 0.6 is 11.6 Å². The fourth-order valence-corrected chi connectivity index (χ4v) is 2.07. The first-order valence-corrected chi connectivity index (χ1v) is 6.05. The van der Waals surface area contributed by atoms with Crippen LogP contribution in [0, 0.1) is 5.92 Å². The number of halogens is 1. The molecule has 0 amide bonds. The molecular formula is C13H13ClN2O. The van der Waals surface area contributed by atoms with Gasteiger partial charge in [-0.25, -0.2) is 4.52 Å². The van der Waals surface area contributed by atoms with E-state index in [4.69, 9.17) is 16.3 Å². The van der Waals surface area contributed by atoms with E-state index in [-0.39, 0.29) is 0 Å². The molecule has 0 N–H and O–H groups in total. The number of methoxy groups -OCH3 is 1. The van der Waals surface area contributed by atoms with Crippen LogP contribution in [0.15, 0.2) is 24.5 Å². The van der Waals surface area contributed by atoms with Crippen molar-refractivity contribution in [2.24, 2.45) is 5.92 Å². The normalized spacial score (nSPS) is 15.9. The Hall–Kier alpha value is -1.48. The van der Waals surface area contributed by atoms with E-state index in [9.17, 15) is 0 Å². The third kappa shape index (κ3) is 2.03. The molecule has 0 unspecified atom stereocenters. The minimum Gasteiger partial charge on any atom is -0.494 e. The van der Waals surface area contributed by atoms with Crippen LogP contribution in [0.4, 0.5) is 0 Å². The van der Waals surface area contributed by atoms with Gasteiger partial charge >= 0.3 is 0 Å². The van der Waals surface area contributed by atoms with Gasteiger partial charge in [0.1, 0.15) is 11.3 Å². The second kappa shape index (κ2) is 4.08. The number of hydrogen-bond acceptors (Lipinski definition) is 2. The zero-order valence-corrected chi connectivity index (χ0v) is 10.3. The van der Waals surface area contributed by atoms with Gasteiger partial charge < -0.3 is 4.74 Å². The summed E-state index contributed by atoms with van der Waals surface area (Å²) in [6, 6.07) is 1.99. The summed E-state index contributed by atoms with van der Waals surface area (Å²) in [7, 11) is 1.65. The highest BCUT2D eigenvalue weighted by Gasteiger charge is 2.17. The van der Waals surface area contributed by atoms with Crippen molar-refractivity contribution in [1.82, 2.24) is 9.61 Å². The quantitative estimate of drug-likeness (QED) is 0.832. The van der Waals surface area contributed by atoms with Gasteiger partial charge in [-0.1, -0.05) is 23.8 Å². The Labute approximate surface area is 105 Å². The van der Waals surface area contributed by atoms with Gasteiger partial charge in [-0.3, -0.25) is 0 Å². The molecule has 1 saturated carbocycles. The molecule has 88 valence electrons. The fourth-order valence-electron chi connectivity index (χ4n) is 1.85. The fraction of sp³-hybridized carbons (Fsp3) is 0.308. The van der Waals surface area contributed by atoms with Gasteiger partial charge in [0.05, 0.1) is 18.3 Å². The van der Waals surface area contributed by atoms with Crippen LogP contribution < -0.4 is 4.74 Å². The van der Waals surface area contributed by atoms with Crippen LogP contribution in [0.2, 0.25) is 5.02 Å². The lowest BCUT2D eigenvalue weighted by molar-refractivity contribution is 0.417. The third-order valence-corrected chi connectivity index (χ3v) is 3.23. The maximum atomic E-state index is 6.07. The van der Waals surface area contributed by atoms with E-state index in [0.717, 1.165) is 22.7 Å². The van der Waals surface area contributed by atoms with E-state index in [2.05, 4.69) is 17.3 Å². The molecule has 0 bridgehead atoms. The molecule has 0 radical (unpaired) electrons. The van der Waals surface area contributed by atoms with Crippen molar-refractivity contribution in [1.29, 1.82) is 0 Å². The summed E-state index contributed by atoms with van der Waals surface area (Å²) >= 11 is 6.07. The van der Waals surface area contributed by atoms with E-state index >= 15 is 0 Å². The molecule has 1 fully saturated rings. The Balaban J connectivity index is 2.07. The van der Waals surface area contributed by atoms with Crippen LogP contribution in [-0.4, -0.2) is 16.7 Å². The van der Waals surface area contributed by atoms with Crippen molar-refractivity contribution in [3.8, 4) is 5.75 Å². The van der Waals surface area contributed by atoms with Crippen LogP contribution in [0.3, 0.4) is 0 Å². The van der Waals surface area contributed by atoms with E-state index in [0.29, 0.717) is 5.02 Å². The molecule has 1 aliphatic carbocycles. The van der Waals surface area contributed by atoms with Crippen LogP contribution in [-0.2, 0) is 0 Å². The lowest BCUT2D eigenvalue weighted by atomic mass is 10.2. The van der Waals surface area contributed by atoms with Gasteiger partial charge in [-0.05, 0) is 30.4 Å². The lowest BCUT2D eigenvalue weighted by Crippen LogP contribution is -1.93. The second-order valence-electron chi connectivity index (χ2n) is 4.32. The molecule has 0 aliphatic heterocycles. The van der Waals surface area contributed by atoms with Gasteiger partial charge in [0, 0.05) is 6.20 Å². The van der Waals surface area contributed by atoms with Gasteiger partial charge in [-0.15, -0.1) is 0 Å². The molecule has 0 atom stereocenters. The monoisotopic (exact) mass is 248 g/mol. The second-order valence-corrected chi connectivity index (χ2v) is 4.73. The Morgan fingerprint density at radius 1 is 1.53 bits per heavy atom. The zero-order valence-electron chi connectivity index (χ0n) is 9.56. The summed E-state index contributed by atoms with van der Waals surface area (Å²) in [5.74, 6) is 1.52. The molecule has 2 aromatic rings. The number of aromatic nitrogens is 2. The maximum Gasteiger partial charge on any atom is 0.146 e. The van der Waals surface area contributed by atoms with Gasteiger partial charge in [0.2, 0.25) is 0 Å². The summed E-state index contributed by atoms with van der Waals surface area (Å²) in [4.78, 5) is 0. The first-order chi connectivity index (χ1) is 8.28. The van der Waals surface area contributed by atoms with Crippen molar-refractivity contribution in [2.75, 3.05) is 7.11 Å². The minimum absolute atomic E-state index is 0.611. The Morgan fingerprint density at radius 3 is 3.06 bits per heavy atom. The smallest absolute Gasteiger partial charge is 0.146 e. The zero-order chi connectivity index (χ0) is 11.8. The van der Waals surface area contributed by atoms with Crippen molar-refractivity contribution < 1.29 is 4.74 Å². The van der Waals surface area contributed by atoms with Crippen molar-refractivity contribution >= 4 is 23.2 Å². The molecular weight excluding hydrogens is 236 g/mol. The highest BCUT2D eigenvalue weighted by Crippen LogP contribution is 2.32. The van der Waals surface area contributed by atoms with Gasteiger partial charge in [0.15, 0.2) is 0 Å². The van der Waals surface area contributed by atoms with E-state index in [1.54, 1.807) is 17.8 Å². The molecule has 0 aromatic carbocycles. The molecule has 2 heterocycles. The van der Waals surface area contributed by atoms with E-state index in [1.165, 1.54) is 12.8 Å². The first-order valence-electron chi connectivity index (χ1n) is 5.67. The largest absolute Gasteiger partial charge is 0.494 e. The predicted octanol–water partition coefficient (Wildman–Crippen LogP) is 3.42. The van der Waals surface area contributed by atoms with E-state index < -0.39 is 0 Å². The van der Waals surface area contributed by atoms with Crippen molar-refractivity contribution in [2.45, 2.75) is 12.8 Å². The maximum absolute atomic E-state index is 6.07. The van der Waals surface area contributed by atoms with Crippen LogP contribution in [0.25, 0.3) is 11.6 Å². The SMILES string of the molecule is COc1cc(C=CC2CC2)cn2ncc(Cl)c12. The molecule has 0 spiro atoms.